The van der Waals surface area contributed by atoms with Crippen molar-refractivity contribution in [3.63, 3.8) is 0 Å². The van der Waals surface area contributed by atoms with E-state index in [0.717, 1.165) is 16.2 Å². The molecule has 0 bridgehead atoms. The van der Waals surface area contributed by atoms with E-state index in [1.807, 2.05) is 0 Å². The Morgan fingerprint density at radius 2 is 1.86 bits per heavy atom. The second-order valence-electron chi connectivity index (χ2n) is 7.65. The zero-order valence-electron chi connectivity index (χ0n) is 19.3. The lowest BCUT2D eigenvalue weighted by molar-refractivity contribution is -0.384. The molecule has 2 heterocycles. The lowest BCUT2D eigenvalue weighted by Crippen LogP contribution is -2.29. The summed E-state index contributed by atoms with van der Waals surface area (Å²) >= 11 is 0.831. The number of nitrogens with zero attached hydrogens (tertiary/aromatic N) is 3. The van der Waals surface area contributed by atoms with Crippen LogP contribution in [0.15, 0.2) is 54.1 Å². The van der Waals surface area contributed by atoms with Crippen LogP contribution in [0, 0.1) is 17.0 Å². The summed E-state index contributed by atoms with van der Waals surface area (Å²) in [6, 6.07) is 10.3. The van der Waals surface area contributed by atoms with E-state index >= 15 is 0 Å². The Balaban J connectivity index is 1.95. The molecule has 0 unspecified atom stereocenters. The number of hydrogen-bond donors (Lipinski definition) is 1. The Bertz CT molecular complexity index is 1430. The van der Waals surface area contributed by atoms with Gasteiger partial charge in [0, 0.05) is 17.7 Å². The molecule has 0 spiro atoms. The lowest BCUT2D eigenvalue weighted by Gasteiger charge is -2.22. The highest BCUT2D eigenvalue weighted by atomic mass is 32.1. The minimum Gasteiger partial charge on any atom is -0.507 e. The van der Waals surface area contributed by atoms with Crippen molar-refractivity contribution in [1.82, 2.24) is 4.98 Å². The van der Waals surface area contributed by atoms with Crippen LogP contribution in [0.4, 0.5) is 10.8 Å². The summed E-state index contributed by atoms with van der Waals surface area (Å²) in [5.41, 5.74) is 0.156. The van der Waals surface area contributed by atoms with Crippen LogP contribution < -0.4 is 9.64 Å². The third-order valence-corrected chi connectivity index (χ3v) is 6.70. The fourth-order valence-electron chi connectivity index (χ4n) is 3.83. The number of carbonyl (C=O) groups is 3. The number of amides is 1. The first kappa shape index (κ1) is 24.5. The smallest absolute Gasteiger partial charge is 0.350 e. The summed E-state index contributed by atoms with van der Waals surface area (Å²) in [6.07, 6.45) is 0. The molecule has 1 saturated heterocycles. The van der Waals surface area contributed by atoms with E-state index in [0.29, 0.717) is 5.75 Å². The number of ketones is 1. The topological polar surface area (TPSA) is 149 Å². The number of aromatic nitrogens is 1. The number of hydrogen-bond acceptors (Lipinski definition) is 10. The van der Waals surface area contributed by atoms with Crippen LogP contribution in [0.1, 0.15) is 32.5 Å². The summed E-state index contributed by atoms with van der Waals surface area (Å²) in [4.78, 5) is 54.9. The van der Waals surface area contributed by atoms with Crippen molar-refractivity contribution in [1.29, 1.82) is 0 Å². The Kier molecular flexibility index (Phi) is 6.53. The van der Waals surface area contributed by atoms with Crippen LogP contribution in [0.2, 0.25) is 0 Å². The van der Waals surface area contributed by atoms with Gasteiger partial charge in [-0.1, -0.05) is 23.5 Å². The van der Waals surface area contributed by atoms with Gasteiger partial charge in [-0.05, 0) is 36.8 Å². The number of aryl methyl sites for hydroxylation is 1. The van der Waals surface area contributed by atoms with Crippen molar-refractivity contribution in [3.8, 4) is 5.75 Å². The third-order valence-electron chi connectivity index (χ3n) is 5.57. The maximum atomic E-state index is 13.2. The molecule has 0 saturated carbocycles. The number of nitro groups is 1. The van der Waals surface area contributed by atoms with Crippen LogP contribution in [0.25, 0.3) is 5.76 Å². The average Bonchev–Trinajstić information content (AvgIpc) is 3.39. The summed E-state index contributed by atoms with van der Waals surface area (Å²) in [5.74, 6) is -2.65. The van der Waals surface area contributed by atoms with E-state index in [1.165, 1.54) is 50.6 Å². The summed E-state index contributed by atoms with van der Waals surface area (Å²) in [6.45, 7) is 1.54. The minimum absolute atomic E-state index is 0.000266. The zero-order chi connectivity index (χ0) is 26.1. The van der Waals surface area contributed by atoms with Crippen molar-refractivity contribution in [3.05, 3.63) is 85.9 Å². The number of non-ortho nitro benzene ring substituents is 1. The number of methoxy groups -OCH3 is 2. The number of benzene rings is 2. The lowest BCUT2D eigenvalue weighted by atomic mass is 9.95. The van der Waals surface area contributed by atoms with Gasteiger partial charge in [-0.2, -0.15) is 0 Å². The van der Waals surface area contributed by atoms with Crippen molar-refractivity contribution < 1.29 is 33.9 Å². The number of thiazole rings is 1. The van der Waals surface area contributed by atoms with Gasteiger partial charge in [0.25, 0.3) is 11.5 Å². The van der Waals surface area contributed by atoms with E-state index in [2.05, 4.69) is 4.98 Å². The van der Waals surface area contributed by atoms with Gasteiger partial charge in [0.2, 0.25) is 0 Å². The molecular weight excluding hydrogens is 490 g/mol. The van der Waals surface area contributed by atoms with E-state index in [-0.39, 0.29) is 38.1 Å². The molecule has 36 heavy (non-hydrogen) atoms. The summed E-state index contributed by atoms with van der Waals surface area (Å²) in [7, 11) is 2.67. The number of rotatable bonds is 6. The molecule has 1 atom stereocenters. The molecule has 1 fully saturated rings. The highest BCUT2D eigenvalue weighted by molar-refractivity contribution is 7.17. The SMILES string of the molecule is COC(=O)c1sc(N2C(=O)C(=O)/C(=C(/O)c3ccc(OC)cc3)[C@@H]2c2cccc([N+](=O)[O-])c2)nc1C. The van der Waals surface area contributed by atoms with Crippen LogP contribution in [-0.4, -0.2) is 46.9 Å². The standard InChI is InChI=1S/C24H19N3O8S/c1-12-21(23(31)35-3)36-24(25-12)26-18(14-5-4-6-15(11-14)27(32)33)17(20(29)22(26)30)19(28)13-7-9-16(34-2)10-8-13/h4-11,18,28H,1-3H3/b19-17+/t18-/m0/s1. The second kappa shape index (κ2) is 9.58. The van der Waals surface area contributed by atoms with Gasteiger partial charge >= 0.3 is 11.9 Å². The average molecular weight is 509 g/mol. The van der Waals surface area contributed by atoms with Crippen LogP contribution in [-0.2, 0) is 14.3 Å². The monoisotopic (exact) mass is 509 g/mol. The normalized spacial score (nSPS) is 16.8. The van der Waals surface area contributed by atoms with Crippen molar-refractivity contribution in [2.75, 3.05) is 19.1 Å². The fraction of sp³-hybridized carbons (Fsp3) is 0.167. The fourth-order valence-corrected chi connectivity index (χ4v) is 4.84. The van der Waals surface area contributed by atoms with E-state index in [9.17, 15) is 29.6 Å². The summed E-state index contributed by atoms with van der Waals surface area (Å²) in [5, 5.41) is 22.6. The first-order valence-electron chi connectivity index (χ1n) is 10.4. The minimum atomic E-state index is -1.25. The number of aliphatic hydroxyl groups is 1. The Labute approximate surface area is 208 Å². The van der Waals surface area contributed by atoms with Crippen molar-refractivity contribution in [2.24, 2.45) is 0 Å². The van der Waals surface area contributed by atoms with Crippen molar-refractivity contribution >= 4 is 45.6 Å². The molecule has 12 heteroatoms. The van der Waals surface area contributed by atoms with Crippen LogP contribution in [0.3, 0.4) is 0 Å². The van der Waals surface area contributed by atoms with Gasteiger partial charge in [0.05, 0.1) is 36.5 Å². The molecule has 3 aromatic rings. The Morgan fingerprint density at radius 1 is 1.17 bits per heavy atom. The molecule has 1 aromatic heterocycles. The molecule has 1 aliphatic rings. The van der Waals surface area contributed by atoms with Gasteiger partial charge in [0.1, 0.15) is 16.4 Å². The Hall–Kier alpha value is -4.58. The number of anilines is 1. The molecule has 184 valence electrons. The number of esters is 1. The molecule has 4 rings (SSSR count). The third kappa shape index (κ3) is 4.18. The van der Waals surface area contributed by atoms with E-state index in [1.54, 1.807) is 19.1 Å². The van der Waals surface area contributed by atoms with Crippen molar-refractivity contribution in [2.45, 2.75) is 13.0 Å². The number of nitro benzene ring substituents is 1. The molecule has 0 radical (unpaired) electrons. The zero-order valence-corrected chi connectivity index (χ0v) is 20.1. The maximum Gasteiger partial charge on any atom is 0.350 e. The largest absolute Gasteiger partial charge is 0.507 e. The molecule has 1 aliphatic heterocycles. The molecular formula is C24H19N3O8S. The highest BCUT2D eigenvalue weighted by Crippen LogP contribution is 2.44. The van der Waals surface area contributed by atoms with Gasteiger partial charge in [0.15, 0.2) is 5.13 Å². The number of aliphatic hydroxyl groups excluding tert-OH is 1. The highest BCUT2D eigenvalue weighted by Gasteiger charge is 2.48. The predicted molar refractivity (Wildman–Crippen MR) is 129 cm³/mol. The number of carbonyl (C=O) groups excluding carboxylic acids is 3. The quantitative estimate of drug-likeness (QED) is 0.131. The van der Waals surface area contributed by atoms with Gasteiger partial charge in [-0.25, -0.2) is 9.78 Å². The second-order valence-corrected chi connectivity index (χ2v) is 8.63. The van der Waals surface area contributed by atoms with Gasteiger partial charge in [-0.3, -0.25) is 24.6 Å². The number of ether oxygens (including phenoxy) is 2. The molecule has 1 amide bonds. The summed E-state index contributed by atoms with van der Waals surface area (Å²) < 4.78 is 9.88. The number of Topliss-reactive ketones (excluding diaryl/α,β-unsaturated/α-hetero) is 1. The first-order chi connectivity index (χ1) is 17.2. The van der Waals surface area contributed by atoms with Gasteiger partial charge in [-0.15, -0.1) is 0 Å². The Morgan fingerprint density at radius 3 is 2.47 bits per heavy atom. The maximum absolute atomic E-state index is 13.2. The molecule has 2 aromatic carbocycles. The van der Waals surface area contributed by atoms with Crippen LogP contribution in [0.5, 0.6) is 5.75 Å². The molecule has 1 N–H and O–H groups in total. The van der Waals surface area contributed by atoms with Gasteiger partial charge < -0.3 is 14.6 Å². The van der Waals surface area contributed by atoms with E-state index < -0.39 is 34.4 Å². The molecule has 0 aliphatic carbocycles. The van der Waals surface area contributed by atoms with Crippen LogP contribution >= 0.6 is 11.3 Å². The first-order valence-corrected chi connectivity index (χ1v) is 11.2. The van der Waals surface area contributed by atoms with E-state index in [4.69, 9.17) is 9.47 Å². The predicted octanol–water partition coefficient (Wildman–Crippen LogP) is 3.78. The molecule has 11 nitrogen and oxygen atoms in total.